The Morgan fingerprint density at radius 2 is 2.08 bits per heavy atom. The second-order valence-electron chi connectivity index (χ2n) is 5.61. The molecule has 1 aromatic carbocycles. The van der Waals surface area contributed by atoms with Crippen molar-refractivity contribution >= 4 is 12.4 Å². The zero-order valence-corrected chi connectivity index (χ0v) is 14.9. The fraction of sp³-hybridized carbons (Fsp3) is 0.500. The molecule has 2 heterocycles. The number of aromatic nitrogens is 2. The van der Waals surface area contributed by atoms with Gasteiger partial charge in [-0.25, -0.2) is 0 Å². The average Bonchev–Trinajstić information content (AvgIpc) is 3.03. The molecule has 0 spiro atoms. The molecule has 8 heteroatoms. The monoisotopic (exact) mass is 354 g/mol. The van der Waals surface area contributed by atoms with Gasteiger partial charge >= 0.3 is 0 Å². The lowest BCUT2D eigenvalue weighted by molar-refractivity contribution is 0.190. The van der Waals surface area contributed by atoms with Gasteiger partial charge in [0, 0.05) is 19.6 Å². The van der Waals surface area contributed by atoms with Crippen LogP contribution >= 0.6 is 12.4 Å². The normalized spacial score (nSPS) is 18.0. The van der Waals surface area contributed by atoms with E-state index in [0.29, 0.717) is 23.8 Å². The molecule has 1 atom stereocenters. The first-order chi connectivity index (χ1) is 11.2. The van der Waals surface area contributed by atoms with E-state index in [0.717, 1.165) is 31.0 Å². The standard InChI is InChI=1S/C16H22N4O3.ClH/c1-20-7-6-17-10-12(20)16-18-15(23-19-16)9-11-4-5-13(21-2)14(8-11)22-3;/h4-5,8,12,17H,6-7,9-10H2,1-3H3;1H. The Kier molecular flexibility index (Phi) is 6.42. The van der Waals surface area contributed by atoms with E-state index in [9.17, 15) is 0 Å². The molecule has 0 bridgehead atoms. The van der Waals surface area contributed by atoms with Gasteiger partial charge in [0.2, 0.25) is 5.89 Å². The lowest BCUT2D eigenvalue weighted by Gasteiger charge is -2.30. The van der Waals surface area contributed by atoms with E-state index in [1.165, 1.54) is 0 Å². The maximum atomic E-state index is 5.41. The zero-order valence-electron chi connectivity index (χ0n) is 14.1. The van der Waals surface area contributed by atoms with Gasteiger partial charge in [0.1, 0.15) is 0 Å². The number of ether oxygens (including phenoxy) is 2. The summed E-state index contributed by atoms with van der Waals surface area (Å²) in [6.45, 7) is 2.80. The predicted octanol–water partition coefficient (Wildman–Crippen LogP) is 1.68. The molecule has 0 amide bonds. The van der Waals surface area contributed by atoms with E-state index in [1.54, 1.807) is 14.2 Å². The van der Waals surface area contributed by atoms with Crippen molar-refractivity contribution in [2.75, 3.05) is 40.9 Å². The van der Waals surface area contributed by atoms with E-state index in [-0.39, 0.29) is 18.4 Å². The summed E-state index contributed by atoms with van der Waals surface area (Å²) in [6.07, 6.45) is 0.567. The Hall–Kier alpha value is -1.83. The van der Waals surface area contributed by atoms with Crippen LogP contribution < -0.4 is 14.8 Å². The third-order valence-corrected chi connectivity index (χ3v) is 4.10. The van der Waals surface area contributed by atoms with Gasteiger partial charge in [-0.2, -0.15) is 4.98 Å². The highest BCUT2D eigenvalue weighted by Gasteiger charge is 2.25. The Balaban J connectivity index is 0.00000208. The molecule has 24 heavy (non-hydrogen) atoms. The molecule has 2 aromatic rings. The highest BCUT2D eigenvalue weighted by Crippen LogP contribution is 2.28. The molecule has 3 rings (SSSR count). The largest absolute Gasteiger partial charge is 0.493 e. The number of halogens is 1. The molecule has 1 aliphatic heterocycles. The minimum atomic E-state index is 0. The second kappa shape index (κ2) is 8.32. The van der Waals surface area contributed by atoms with Crippen LogP contribution in [0.2, 0.25) is 0 Å². The number of piperazine rings is 1. The topological polar surface area (TPSA) is 72.7 Å². The summed E-state index contributed by atoms with van der Waals surface area (Å²) in [4.78, 5) is 6.78. The number of hydrogen-bond acceptors (Lipinski definition) is 7. The first kappa shape index (κ1) is 18.5. The molecular formula is C16H23ClN4O3. The number of likely N-dealkylation sites (N-methyl/N-ethyl adjacent to an activating group) is 1. The van der Waals surface area contributed by atoms with Gasteiger partial charge in [-0.1, -0.05) is 11.2 Å². The van der Waals surface area contributed by atoms with Crippen LogP contribution in [0.25, 0.3) is 0 Å². The SMILES string of the molecule is COc1ccc(Cc2nc(C3CNCCN3C)no2)cc1OC.Cl. The number of rotatable bonds is 5. The van der Waals surface area contributed by atoms with Crippen molar-refractivity contribution in [3.8, 4) is 11.5 Å². The van der Waals surface area contributed by atoms with Crippen LogP contribution in [0.5, 0.6) is 11.5 Å². The third-order valence-electron chi connectivity index (χ3n) is 4.10. The van der Waals surface area contributed by atoms with Crippen LogP contribution in [-0.4, -0.2) is 55.9 Å². The smallest absolute Gasteiger partial charge is 0.231 e. The zero-order chi connectivity index (χ0) is 16.2. The maximum absolute atomic E-state index is 5.41. The van der Waals surface area contributed by atoms with Crippen molar-refractivity contribution in [2.24, 2.45) is 0 Å². The minimum absolute atomic E-state index is 0. The molecule has 132 valence electrons. The molecule has 0 radical (unpaired) electrons. The van der Waals surface area contributed by atoms with Crippen LogP contribution in [0.15, 0.2) is 22.7 Å². The molecule has 1 aliphatic rings. The number of benzene rings is 1. The Morgan fingerprint density at radius 3 is 2.79 bits per heavy atom. The van der Waals surface area contributed by atoms with E-state index in [4.69, 9.17) is 14.0 Å². The van der Waals surface area contributed by atoms with Crippen molar-refractivity contribution < 1.29 is 14.0 Å². The predicted molar refractivity (Wildman–Crippen MR) is 92.1 cm³/mol. The highest BCUT2D eigenvalue weighted by atomic mass is 35.5. The third kappa shape index (κ3) is 3.98. The molecule has 1 N–H and O–H groups in total. The second-order valence-corrected chi connectivity index (χ2v) is 5.61. The van der Waals surface area contributed by atoms with Gasteiger partial charge in [0.05, 0.1) is 26.7 Å². The molecule has 7 nitrogen and oxygen atoms in total. The number of hydrogen-bond donors (Lipinski definition) is 1. The van der Waals surface area contributed by atoms with E-state index in [1.807, 2.05) is 18.2 Å². The molecule has 1 fully saturated rings. The molecule has 1 unspecified atom stereocenters. The van der Waals surface area contributed by atoms with Crippen LogP contribution in [0, 0.1) is 0 Å². The quantitative estimate of drug-likeness (QED) is 0.875. The number of nitrogens with zero attached hydrogens (tertiary/aromatic N) is 3. The summed E-state index contributed by atoms with van der Waals surface area (Å²) in [7, 11) is 5.32. The highest BCUT2D eigenvalue weighted by molar-refractivity contribution is 5.85. The number of nitrogens with one attached hydrogen (secondary N) is 1. The first-order valence-corrected chi connectivity index (χ1v) is 7.65. The van der Waals surface area contributed by atoms with Gasteiger partial charge < -0.3 is 19.3 Å². The van der Waals surface area contributed by atoms with Crippen LogP contribution in [0.3, 0.4) is 0 Å². The fourth-order valence-corrected chi connectivity index (χ4v) is 2.73. The van der Waals surface area contributed by atoms with Crippen molar-refractivity contribution in [1.29, 1.82) is 0 Å². The minimum Gasteiger partial charge on any atom is -0.493 e. The summed E-state index contributed by atoms with van der Waals surface area (Å²) < 4.78 is 16.0. The Morgan fingerprint density at radius 1 is 1.29 bits per heavy atom. The summed E-state index contributed by atoms with van der Waals surface area (Å²) in [5.74, 6) is 2.74. The van der Waals surface area contributed by atoms with E-state index < -0.39 is 0 Å². The maximum Gasteiger partial charge on any atom is 0.231 e. The summed E-state index contributed by atoms with van der Waals surface area (Å²) in [5, 5.41) is 7.50. The van der Waals surface area contributed by atoms with Crippen molar-refractivity contribution in [3.05, 3.63) is 35.5 Å². The first-order valence-electron chi connectivity index (χ1n) is 7.65. The van der Waals surface area contributed by atoms with Crippen molar-refractivity contribution in [2.45, 2.75) is 12.5 Å². The van der Waals surface area contributed by atoms with Crippen molar-refractivity contribution in [3.63, 3.8) is 0 Å². The molecule has 0 saturated carbocycles. The lowest BCUT2D eigenvalue weighted by Crippen LogP contribution is -2.44. The van der Waals surface area contributed by atoms with Crippen LogP contribution in [0.1, 0.15) is 23.3 Å². The Bertz CT molecular complexity index is 665. The average molecular weight is 355 g/mol. The molecule has 0 aliphatic carbocycles. The van der Waals surface area contributed by atoms with E-state index in [2.05, 4.69) is 27.4 Å². The van der Waals surface area contributed by atoms with Gasteiger partial charge in [-0.3, -0.25) is 4.90 Å². The number of methoxy groups -OCH3 is 2. The van der Waals surface area contributed by atoms with Crippen LogP contribution in [0.4, 0.5) is 0 Å². The lowest BCUT2D eigenvalue weighted by atomic mass is 10.1. The summed E-state index contributed by atoms with van der Waals surface area (Å²) >= 11 is 0. The van der Waals surface area contributed by atoms with Gasteiger partial charge in [0.15, 0.2) is 17.3 Å². The van der Waals surface area contributed by atoms with Gasteiger partial charge in [0.25, 0.3) is 0 Å². The summed E-state index contributed by atoms with van der Waals surface area (Å²) in [5.41, 5.74) is 1.04. The molecule has 1 saturated heterocycles. The van der Waals surface area contributed by atoms with Crippen molar-refractivity contribution in [1.82, 2.24) is 20.4 Å². The van der Waals surface area contributed by atoms with Gasteiger partial charge in [-0.05, 0) is 24.7 Å². The van der Waals surface area contributed by atoms with Gasteiger partial charge in [-0.15, -0.1) is 12.4 Å². The Labute approximate surface area is 147 Å². The van der Waals surface area contributed by atoms with E-state index >= 15 is 0 Å². The van der Waals surface area contributed by atoms with Crippen LogP contribution in [-0.2, 0) is 6.42 Å². The molecule has 1 aromatic heterocycles. The molecular weight excluding hydrogens is 332 g/mol. The fourth-order valence-electron chi connectivity index (χ4n) is 2.73. The summed E-state index contributed by atoms with van der Waals surface area (Å²) in [6, 6.07) is 5.94.